The van der Waals surface area contributed by atoms with E-state index in [0.717, 1.165) is 74.3 Å². The van der Waals surface area contributed by atoms with Crippen LogP contribution in [0.3, 0.4) is 0 Å². The summed E-state index contributed by atoms with van der Waals surface area (Å²) in [7, 11) is 2.66. The predicted octanol–water partition coefficient (Wildman–Crippen LogP) is 3.48. The van der Waals surface area contributed by atoms with Gasteiger partial charge in [0, 0.05) is 89.7 Å². The first-order valence-electron chi connectivity index (χ1n) is 23.6. The molecule has 5 aliphatic heterocycles. The molecule has 9 rings (SSSR count). The first kappa shape index (κ1) is 47.7. The maximum absolute atomic E-state index is 15.8. The van der Waals surface area contributed by atoms with Crippen molar-refractivity contribution in [3.63, 3.8) is 0 Å². The molecule has 3 N–H and O–H groups in total. The highest BCUT2D eigenvalue weighted by Crippen LogP contribution is 2.40. The highest BCUT2D eigenvalue weighted by atomic mass is 19.3. The molecule has 2 aromatic carbocycles. The first-order chi connectivity index (χ1) is 33.2. The van der Waals surface area contributed by atoms with E-state index >= 15 is 13.2 Å². The van der Waals surface area contributed by atoms with Gasteiger partial charge in [-0.05, 0) is 56.4 Å². The van der Waals surface area contributed by atoms with Gasteiger partial charge >= 0.3 is 5.92 Å². The van der Waals surface area contributed by atoms with Gasteiger partial charge in [0.15, 0.2) is 5.82 Å². The monoisotopic (exact) mass is 959 g/mol. The molecule has 0 spiro atoms. The average molecular weight is 960 g/mol. The van der Waals surface area contributed by atoms with Gasteiger partial charge in [0.25, 0.3) is 23.6 Å². The second-order valence-corrected chi connectivity index (χ2v) is 18.3. The number of hydrogen-bond acceptors (Lipinski definition) is 15. The van der Waals surface area contributed by atoms with Crippen molar-refractivity contribution >= 4 is 64.3 Å². The lowest BCUT2D eigenvalue weighted by atomic mass is 10.0. The fourth-order valence-corrected chi connectivity index (χ4v) is 10.3. The number of imide groups is 2. The van der Waals surface area contributed by atoms with Gasteiger partial charge in [-0.15, -0.1) is 0 Å². The second kappa shape index (κ2) is 19.9. The number of alkyl halides is 2. The Morgan fingerprint density at radius 2 is 1.64 bits per heavy atom. The lowest BCUT2D eigenvalue weighted by Gasteiger charge is -2.42. The zero-order valence-electron chi connectivity index (χ0n) is 38.6. The number of rotatable bonds is 14. The van der Waals surface area contributed by atoms with Crippen LogP contribution in [-0.2, 0) is 19.1 Å². The highest BCUT2D eigenvalue weighted by Gasteiger charge is 2.49. The molecular weight excluding hydrogens is 904 g/mol. The molecule has 19 nitrogen and oxygen atoms in total. The number of likely N-dealkylation sites (tertiary alicyclic amines) is 1. The number of piperidine rings is 2. The zero-order chi connectivity index (χ0) is 48.6. The topological polar surface area (TPSA) is 202 Å². The number of ether oxygens (including phenoxy) is 2. The number of carbonyl (C=O) groups is 6. The van der Waals surface area contributed by atoms with Crippen LogP contribution in [0.15, 0.2) is 36.5 Å². The summed E-state index contributed by atoms with van der Waals surface area (Å²) in [6.45, 7) is 5.76. The Morgan fingerprint density at radius 1 is 0.899 bits per heavy atom. The molecule has 3 aromatic rings. The fraction of sp³-hybridized carbons (Fsp3) is 0.532. The summed E-state index contributed by atoms with van der Waals surface area (Å²) in [5.41, 5.74) is 1.21. The number of methoxy groups -OCH3 is 1. The van der Waals surface area contributed by atoms with E-state index < -0.39 is 59.8 Å². The molecule has 0 bridgehead atoms. The largest absolute Gasteiger partial charge is 0.495 e. The molecule has 1 unspecified atom stereocenters. The molecule has 6 heterocycles. The van der Waals surface area contributed by atoms with E-state index in [2.05, 4.69) is 35.7 Å². The molecule has 1 atom stereocenters. The lowest BCUT2D eigenvalue weighted by Crippen LogP contribution is -2.54. The fourth-order valence-electron chi connectivity index (χ4n) is 10.3. The van der Waals surface area contributed by atoms with Gasteiger partial charge in [0.1, 0.15) is 23.3 Å². The molecule has 1 saturated carbocycles. The SMILES string of the molecule is COc1cc(C(=O)N2CCC(N3CCN(CCOCCNc4ccc5c(c4)C(=O)N(C4CCC(=O)NC4=O)C5=O)CC3)CC2)c(F)cc1Nc1ncc2c(n1)N(C1CCCC1)CC(F)(F)C(=O)N2C. The average Bonchev–Trinajstić information content (AvgIpc) is 3.96. The van der Waals surface area contributed by atoms with Crippen LogP contribution in [0.1, 0.15) is 82.4 Å². The van der Waals surface area contributed by atoms with E-state index in [4.69, 9.17) is 9.47 Å². The number of fused-ring (bicyclic) bond motifs is 2. The Bertz CT molecular complexity index is 2510. The molecule has 4 fully saturated rings. The smallest absolute Gasteiger partial charge is 0.342 e. The third kappa shape index (κ3) is 9.78. The summed E-state index contributed by atoms with van der Waals surface area (Å²) >= 11 is 0. The van der Waals surface area contributed by atoms with E-state index in [1.54, 1.807) is 23.1 Å². The van der Waals surface area contributed by atoms with Gasteiger partial charge in [-0.25, -0.2) is 9.37 Å². The minimum atomic E-state index is -3.63. The molecule has 1 aliphatic carbocycles. The standard InChI is InChI=1S/C47H56F3N11O8/c1-56-37-26-52-46(55-40(37)60(30-5-3-4-6-30)27-47(49,50)45(56)67)53-35-25-34(48)33(24-38(35)68-2)42(64)59-14-11-29(12-15-59)58-18-16-57(17-19-58)20-22-69-21-13-51-28-7-8-31-32(23-28)44(66)61(43(31)65)36-9-10-39(62)54-41(36)63/h7-8,23-26,29-30,36,51H,3-6,9-22,27H2,1-2H3,(H,52,53,55)(H,54,62,63). The van der Waals surface area contributed by atoms with Crippen LogP contribution in [0, 0.1) is 5.82 Å². The summed E-state index contributed by atoms with van der Waals surface area (Å²) in [5, 5.41) is 8.37. The van der Waals surface area contributed by atoms with Crippen molar-refractivity contribution in [3.05, 3.63) is 59.0 Å². The number of hydrogen-bond donors (Lipinski definition) is 3. The van der Waals surface area contributed by atoms with Gasteiger partial charge in [0.2, 0.25) is 17.8 Å². The number of carbonyl (C=O) groups excluding carboxylic acids is 6. The van der Waals surface area contributed by atoms with Crippen LogP contribution in [0.25, 0.3) is 0 Å². The molecule has 69 heavy (non-hydrogen) atoms. The molecule has 1 aromatic heterocycles. The van der Waals surface area contributed by atoms with Crippen molar-refractivity contribution in [3.8, 4) is 5.75 Å². The highest BCUT2D eigenvalue weighted by molar-refractivity contribution is 6.23. The van der Waals surface area contributed by atoms with Crippen LogP contribution >= 0.6 is 0 Å². The molecular formula is C47H56F3N11O8. The minimum absolute atomic E-state index is 0.0146. The van der Waals surface area contributed by atoms with E-state index in [1.165, 1.54) is 31.3 Å². The quantitative estimate of drug-likeness (QED) is 0.157. The van der Waals surface area contributed by atoms with Gasteiger partial charge in [-0.3, -0.25) is 48.8 Å². The molecule has 6 aliphatic rings. The second-order valence-electron chi connectivity index (χ2n) is 18.3. The van der Waals surface area contributed by atoms with Gasteiger partial charge in [-0.2, -0.15) is 13.8 Å². The molecule has 3 saturated heterocycles. The number of amides is 6. The van der Waals surface area contributed by atoms with Crippen molar-refractivity contribution in [1.82, 2.24) is 34.9 Å². The third-order valence-electron chi connectivity index (χ3n) is 14.1. The van der Waals surface area contributed by atoms with Crippen molar-refractivity contribution in [1.29, 1.82) is 0 Å². The van der Waals surface area contributed by atoms with Crippen LogP contribution in [0.2, 0.25) is 0 Å². The zero-order valence-corrected chi connectivity index (χ0v) is 38.6. The van der Waals surface area contributed by atoms with Crippen LogP contribution in [0.4, 0.5) is 42.0 Å². The van der Waals surface area contributed by atoms with Crippen LogP contribution in [-0.4, -0.2) is 175 Å². The maximum Gasteiger partial charge on any atom is 0.342 e. The summed E-state index contributed by atoms with van der Waals surface area (Å²) in [5.74, 6) is -8.05. The van der Waals surface area contributed by atoms with Crippen LogP contribution in [0.5, 0.6) is 5.75 Å². The number of aromatic nitrogens is 2. The Balaban J connectivity index is 0.710. The first-order valence-corrected chi connectivity index (χ1v) is 23.6. The van der Waals surface area contributed by atoms with Crippen molar-refractivity contribution in [2.24, 2.45) is 0 Å². The summed E-state index contributed by atoms with van der Waals surface area (Å²) in [4.78, 5) is 95.1. The Kier molecular flexibility index (Phi) is 13.8. The van der Waals surface area contributed by atoms with Crippen molar-refractivity contribution in [2.75, 3.05) is 107 Å². The number of piperazine rings is 1. The maximum atomic E-state index is 15.8. The molecule has 0 radical (unpaired) electrons. The lowest BCUT2D eigenvalue weighted by molar-refractivity contribution is -0.140. The van der Waals surface area contributed by atoms with E-state index in [0.29, 0.717) is 51.4 Å². The Labute approximate surface area is 396 Å². The minimum Gasteiger partial charge on any atom is -0.495 e. The van der Waals surface area contributed by atoms with Crippen molar-refractivity contribution in [2.45, 2.75) is 75.4 Å². The Hall–Kier alpha value is -6.39. The third-order valence-corrected chi connectivity index (χ3v) is 14.1. The summed E-state index contributed by atoms with van der Waals surface area (Å²) < 4.78 is 57.5. The van der Waals surface area contributed by atoms with Crippen LogP contribution < -0.4 is 30.5 Å². The number of halogens is 3. The summed E-state index contributed by atoms with van der Waals surface area (Å²) in [6, 6.07) is 6.39. The van der Waals surface area contributed by atoms with Gasteiger partial charge in [-0.1, -0.05) is 12.8 Å². The molecule has 368 valence electrons. The number of nitrogens with one attached hydrogen (secondary N) is 3. The summed E-state index contributed by atoms with van der Waals surface area (Å²) in [6.07, 6.45) is 6.05. The number of benzene rings is 2. The predicted molar refractivity (Wildman–Crippen MR) is 246 cm³/mol. The normalized spacial score (nSPS) is 21.6. The van der Waals surface area contributed by atoms with Crippen molar-refractivity contribution < 1.29 is 51.4 Å². The molecule has 6 amide bonds. The Morgan fingerprint density at radius 3 is 2.36 bits per heavy atom. The van der Waals surface area contributed by atoms with E-state index in [-0.39, 0.29) is 70.5 Å². The van der Waals surface area contributed by atoms with Gasteiger partial charge in [0.05, 0.1) is 55.4 Å². The number of nitrogens with zero attached hydrogens (tertiary/aromatic N) is 8. The van der Waals surface area contributed by atoms with E-state index in [1.807, 2.05) is 0 Å². The van der Waals surface area contributed by atoms with E-state index in [9.17, 15) is 28.8 Å². The number of anilines is 5. The van der Waals surface area contributed by atoms with Gasteiger partial charge < -0.3 is 34.8 Å². The molecule has 22 heteroatoms.